The van der Waals surface area contributed by atoms with Gasteiger partial charge in [-0.1, -0.05) is 24.3 Å². The number of rotatable bonds is 8. The highest BCUT2D eigenvalue weighted by Crippen LogP contribution is 2.46. The Morgan fingerprint density at radius 2 is 1.64 bits per heavy atom. The Balaban J connectivity index is 1.27. The fraction of sp³-hybridized carbons (Fsp3) is 0.435. The summed E-state index contributed by atoms with van der Waals surface area (Å²) >= 11 is 0. The van der Waals surface area contributed by atoms with Crippen molar-refractivity contribution in [2.75, 3.05) is 26.8 Å². The van der Waals surface area contributed by atoms with Crippen molar-refractivity contribution in [3.05, 3.63) is 59.7 Å². The van der Waals surface area contributed by atoms with Crippen LogP contribution in [0, 0.1) is 0 Å². The Labute approximate surface area is 166 Å². The van der Waals surface area contributed by atoms with Crippen LogP contribution in [0.5, 0.6) is 11.5 Å². The Hall–Kier alpha value is -2.53. The molecule has 5 heteroatoms. The number of nitrogens with zero attached hydrogens (tertiary/aromatic N) is 1. The van der Waals surface area contributed by atoms with Crippen molar-refractivity contribution in [2.24, 2.45) is 0 Å². The molecule has 0 spiro atoms. The SMILES string of the molecule is COc1ccc(C2(NCc3ccc(OCC(=O)N4CCCC4)cc3)CC2)cc1. The van der Waals surface area contributed by atoms with Crippen LogP contribution < -0.4 is 14.8 Å². The van der Waals surface area contributed by atoms with Crippen molar-refractivity contribution < 1.29 is 14.3 Å². The lowest BCUT2D eigenvalue weighted by atomic mass is 10.0. The van der Waals surface area contributed by atoms with E-state index < -0.39 is 0 Å². The zero-order valence-electron chi connectivity index (χ0n) is 16.4. The second-order valence-corrected chi connectivity index (χ2v) is 7.68. The van der Waals surface area contributed by atoms with Crippen molar-refractivity contribution in [3.63, 3.8) is 0 Å². The molecule has 2 aromatic rings. The summed E-state index contributed by atoms with van der Waals surface area (Å²) in [7, 11) is 1.69. The molecule has 28 heavy (non-hydrogen) atoms. The number of amides is 1. The highest BCUT2D eigenvalue weighted by atomic mass is 16.5. The third-order valence-corrected chi connectivity index (χ3v) is 5.77. The van der Waals surface area contributed by atoms with Crippen molar-refractivity contribution in [2.45, 2.75) is 37.8 Å². The van der Waals surface area contributed by atoms with Crippen LogP contribution in [0.15, 0.2) is 48.5 Å². The van der Waals surface area contributed by atoms with Gasteiger partial charge in [0.1, 0.15) is 11.5 Å². The minimum Gasteiger partial charge on any atom is -0.497 e. The van der Waals surface area contributed by atoms with Crippen molar-refractivity contribution in [1.82, 2.24) is 10.2 Å². The lowest BCUT2D eigenvalue weighted by Gasteiger charge is -2.19. The van der Waals surface area contributed by atoms with Gasteiger partial charge in [0.15, 0.2) is 6.61 Å². The maximum absolute atomic E-state index is 12.1. The molecule has 0 radical (unpaired) electrons. The van der Waals surface area contributed by atoms with E-state index in [4.69, 9.17) is 9.47 Å². The molecule has 1 N–H and O–H groups in total. The van der Waals surface area contributed by atoms with Crippen LogP contribution in [0.2, 0.25) is 0 Å². The van der Waals surface area contributed by atoms with E-state index in [0.717, 1.165) is 56.8 Å². The number of benzene rings is 2. The van der Waals surface area contributed by atoms with E-state index in [1.54, 1.807) is 7.11 Å². The maximum Gasteiger partial charge on any atom is 0.260 e. The summed E-state index contributed by atoms with van der Waals surface area (Å²) in [5, 5.41) is 3.70. The Morgan fingerprint density at radius 1 is 1.00 bits per heavy atom. The van der Waals surface area contributed by atoms with Crippen LogP contribution in [0.4, 0.5) is 0 Å². The van der Waals surface area contributed by atoms with Gasteiger partial charge in [0, 0.05) is 25.2 Å². The van der Waals surface area contributed by atoms with Gasteiger partial charge in [0.25, 0.3) is 5.91 Å². The van der Waals surface area contributed by atoms with Gasteiger partial charge >= 0.3 is 0 Å². The van der Waals surface area contributed by atoms with E-state index in [1.165, 1.54) is 11.1 Å². The minimum atomic E-state index is 0.0819. The number of nitrogens with one attached hydrogen (secondary N) is 1. The molecule has 148 valence electrons. The molecule has 1 saturated carbocycles. The second-order valence-electron chi connectivity index (χ2n) is 7.68. The molecule has 5 nitrogen and oxygen atoms in total. The van der Waals surface area contributed by atoms with Crippen LogP contribution in [0.3, 0.4) is 0 Å². The molecular formula is C23H28N2O3. The molecule has 1 aliphatic carbocycles. The van der Waals surface area contributed by atoms with Gasteiger partial charge in [0.05, 0.1) is 7.11 Å². The van der Waals surface area contributed by atoms with E-state index in [2.05, 4.69) is 29.6 Å². The van der Waals surface area contributed by atoms with E-state index in [9.17, 15) is 4.79 Å². The first-order valence-corrected chi connectivity index (χ1v) is 10.1. The van der Waals surface area contributed by atoms with Crippen LogP contribution in [0.1, 0.15) is 36.8 Å². The number of carbonyl (C=O) groups is 1. The van der Waals surface area contributed by atoms with Crippen LogP contribution in [-0.2, 0) is 16.9 Å². The Kier molecular flexibility index (Phi) is 5.53. The first-order chi connectivity index (χ1) is 13.7. The molecule has 1 amide bonds. The first-order valence-electron chi connectivity index (χ1n) is 10.1. The molecule has 1 aliphatic heterocycles. The molecule has 0 atom stereocenters. The van der Waals surface area contributed by atoms with Crippen LogP contribution in [0.25, 0.3) is 0 Å². The predicted octanol–water partition coefficient (Wildman–Crippen LogP) is 3.48. The van der Waals surface area contributed by atoms with E-state index in [-0.39, 0.29) is 18.1 Å². The van der Waals surface area contributed by atoms with E-state index in [0.29, 0.717) is 0 Å². The summed E-state index contributed by atoms with van der Waals surface area (Å²) in [4.78, 5) is 13.9. The summed E-state index contributed by atoms with van der Waals surface area (Å²) in [6.45, 7) is 2.66. The lowest BCUT2D eigenvalue weighted by Crippen LogP contribution is -2.32. The average Bonchev–Trinajstić information content (AvgIpc) is 3.33. The normalized spacial score (nSPS) is 17.4. The summed E-state index contributed by atoms with van der Waals surface area (Å²) in [6.07, 6.45) is 4.51. The van der Waals surface area contributed by atoms with E-state index in [1.807, 2.05) is 29.2 Å². The van der Waals surface area contributed by atoms with Crippen LogP contribution >= 0.6 is 0 Å². The number of likely N-dealkylation sites (tertiary alicyclic amines) is 1. The topological polar surface area (TPSA) is 50.8 Å². The highest BCUT2D eigenvalue weighted by Gasteiger charge is 2.43. The average molecular weight is 380 g/mol. The molecule has 0 unspecified atom stereocenters. The number of methoxy groups -OCH3 is 1. The fourth-order valence-corrected chi connectivity index (χ4v) is 3.78. The molecular weight excluding hydrogens is 352 g/mol. The lowest BCUT2D eigenvalue weighted by molar-refractivity contribution is -0.132. The highest BCUT2D eigenvalue weighted by molar-refractivity contribution is 5.78. The summed E-state index contributed by atoms with van der Waals surface area (Å²) in [6, 6.07) is 16.3. The van der Waals surface area contributed by atoms with E-state index >= 15 is 0 Å². The molecule has 4 rings (SSSR count). The monoisotopic (exact) mass is 380 g/mol. The second kappa shape index (κ2) is 8.23. The minimum absolute atomic E-state index is 0.0819. The molecule has 2 fully saturated rings. The third kappa shape index (κ3) is 4.30. The molecule has 2 aliphatic rings. The number of hydrogen-bond acceptors (Lipinski definition) is 4. The van der Waals surface area contributed by atoms with Gasteiger partial charge < -0.3 is 19.7 Å². The number of hydrogen-bond donors (Lipinski definition) is 1. The molecule has 0 bridgehead atoms. The zero-order chi connectivity index (χ0) is 19.4. The largest absolute Gasteiger partial charge is 0.497 e. The molecule has 1 saturated heterocycles. The van der Waals surface area contributed by atoms with Crippen molar-refractivity contribution in [1.29, 1.82) is 0 Å². The zero-order valence-corrected chi connectivity index (χ0v) is 16.4. The predicted molar refractivity (Wildman–Crippen MR) is 108 cm³/mol. The van der Waals surface area contributed by atoms with Gasteiger partial charge in [0.2, 0.25) is 0 Å². The fourth-order valence-electron chi connectivity index (χ4n) is 3.78. The van der Waals surface area contributed by atoms with Gasteiger partial charge in [-0.2, -0.15) is 0 Å². The maximum atomic E-state index is 12.1. The van der Waals surface area contributed by atoms with Gasteiger partial charge in [-0.05, 0) is 61.1 Å². The number of carbonyl (C=O) groups excluding carboxylic acids is 1. The van der Waals surface area contributed by atoms with Crippen molar-refractivity contribution in [3.8, 4) is 11.5 Å². The van der Waals surface area contributed by atoms with Gasteiger partial charge in [-0.15, -0.1) is 0 Å². The van der Waals surface area contributed by atoms with Crippen LogP contribution in [-0.4, -0.2) is 37.6 Å². The summed E-state index contributed by atoms with van der Waals surface area (Å²) in [5.41, 5.74) is 2.61. The smallest absolute Gasteiger partial charge is 0.260 e. The third-order valence-electron chi connectivity index (χ3n) is 5.77. The summed E-state index contributed by atoms with van der Waals surface area (Å²) < 4.78 is 10.9. The van der Waals surface area contributed by atoms with Gasteiger partial charge in [-0.3, -0.25) is 4.79 Å². The standard InChI is InChI=1S/C23H28N2O3/c1-27-20-10-6-19(7-11-20)23(12-13-23)24-16-18-4-8-21(9-5-18)28-17-22(26)25-14-2-3-15-25/h4-11,24H,2-3,12-17H2,1H3. The quantitative estimate of drug-likeness (QED) is 0.762. The van der Waals surface area contributed by atoms with Gasteiger partial charge in [-0.25, -0.2) is 0 Å². The molecule has 2 aromatic carbocycles. The molecule has 0 aromatic heterocycles. The Morgan fingerprint density at radius 3 is 2.25 bits per heavy atom. The first kappa shape index (κ1) is 18.8. The molecule has 1 heterocycles. The Bertz CT molecular complexity index is 792. The summed E-state index contributed by atoms with van der Waals surface area (Å²) in [5.74, 6) is 1.71. The number of ether oxygens (including phenoxy) is 2. The van der Waals surface area contributed by atoms with Crippen molar-refractivity contribution >= 4 is 5.91 Å².